The van der Waals surface area contributed by atoms with Crippen LogP contribution in [0.5, 0.6) is 0 Å². The zero-order chi connectivity index (χ0) is 24.3. The molecule has 34 heavy (non-hydrogen) atoms. The van der Waals surface area contributed by atoms with E-state index >= 15 is 0 Å². The molecule has 2 aromatic heterocycles. The molecule has 1 fully saturated rings. The molecule has 3 aromatic rings. The highest BCUT2D eigenvalue weighted by Crippen LogP contribution is 2.31. The maximum absolute atomic E-state index is 12.9. The number of hydrogen-bond donors (Lipinski definition) is 2. The molecule has 0 saturated carbocycles. The van der Waals surface area contributed by atoms with Crippen LogP contribution in [0.25, 0.3) is 11.1 Å². The molecular weight excluding hydrogens is 445 g/mol. The number of carbonyl (C=O) groups excluding carboxylic acids is 1. The summed E-state index contributed by atoms with van der Waals surface area (Å²) >= 11 is 0. The van der Waals surface area contributed by atoms with Crippen LogP contribution >= 0.6 is 0 Å². The summed E-state index contributed by atoms with van der Waals surface area (Å²) in [6.07, 6.45) is -2.01. The molecule has 0 aliphatic carbocycles. The van der Waals surface area contributed by atoms with Gasteiger partial charge < -0.3 is 15.5 Å². The molecule has 0 atom stereocenters. The van der Waals surface area contributed by atoms with Gasteiger partial charge in [0.1, 0.15) is 17.6 Å². The van der Waals surface area contributed by atoms with E-state index in [4.69, 9.17) is 0 Å². The fourth-order valence-electron chi connectivity index (χ4n) is 3.76. The lowest BCUT2D eigenvalue weighted by atomic mass is 9.99. The Balaban J connectivity index is 1.60. The van der Waals surface area contributed by atoms with Gasteiger partial charge in [-0.05, 0) is 48.4 Å². The molecule has 0 bridgehead atoms. The van der Waals surface area contributed by atoms with Crippen molar-refractivity contribution in [2.45, 2.75) is 13.1 Å². The number of amides is 1. The molecule has 7 nitrogen and oxygen atoms in total. The molecule has 1 aliphatic rings. The number of anilines is 2. The largest absolute Gasteiger partial charge is 0.433 e. The normalized spacial score (nSPS) is 13.9. The van der Waals surface area contributed by atoms with Gasteiger partial charge in [0.15, 0.2) is 0 Å². The SMILES string of the molecule is Cc1ccc(NC(=O)c2ccnc(C(F)(F)F)c2)cc1-c1cnc(N2CCNCC2)c(C#N)c1. The lowest BCUT2D eigenvalue weighted by molar-refractivity contribution is -0.141. The monoisotopic (exact) mass is 466 g/mol. The lowest BCUT2D eigenvalue weighted by Gasteiger charge is -2.29. The van der Waals surface area contributed by atoms with E-state index in [0.29, 0.717) is 28.7 Å². The quantitative estimate of drug-likeness (QED) is 0.604. The molecule has 1 amide bonds. The van der Waals surface area contributed by atoms with Crippen molar-refractivity contribution < 1.29 is 18.0 Å². The summed E-state index contributed by atoms with van der Waals surface area (Å²) in [6.45, 7) is 5.03. The van der Waals surface area contributed by atoms with Crippen molar-refractivity contribution in [1.29, 1.82) is 5.26 Å². The van der Waals surface area contributed by atoms with Crippen molar-refractivity contribution in [3.8, 4) is 17.2 Å². The topological polar surface area (TPSA) is 93.9 Å². The van der Waals surface area contributed by atoms with E-state index in [2.05, 4.69) is 31.6 Å². The van der Waals surface area contributed by atoms with E-state index in [-0.39, 0.29) is 5.56 Å². The van der Waals surface area contributed by atoms with Gasteiger partial charge in [0.05, 0.1) is 5.56 Å². The molecule has 1 saturated heterocycles. The van der Waals surface area contributed by atoms with Gasteiger partial charge in [-0.1, -0.05) is 6.07 Å². The number of benzene rings is 1. The molecule has 174 valence electrons. The minimum Gasteiger partial charge on any atom is -0.353 e. The Morgan fingerprint density at radius 1 is 1.15 bits per heavy atom. The molecule has 0 unspecified atom stereocenters. The number of piperazine rings is 1. The van der Waals surface area contributed by atoms with Crippen molar-refractivity contribution in [1.82, 2.24) is 15.3 Å². The molecule has 1 aromatic carbocycles. The van der Waals surface area contributed by atoms with E-state index in [1.807, 2.05) is 6.92 Å². The number of nitriles is 1. The van der Waals surface area contributed by atoms with Crippen LogP contribution in [0.3, 0.4) is 0 Å². The van der Waals surface area contributed by atoms with Crippen LogP contribution in [0.4, 0.5) is 24.7 Å². The molecule has 3 heterocycles. The predicted molar refractivity (Wildman–Crippen MR) is 121 cm³/mol. The van der Waals surface area contributed by atoms with Gasteiger partial charge in [-0.3, -0.25) is 9.78 Å². The summed E-state index contributed by atoms with van der Waals surface area (Å²) in [4.78, 5) is 22.4. The third kappa shape index (κ3) is 5.00. The summed E-state index contributed by atoms with van der Waals surface area (Å²) < 4.78 is 38.8. The molecule has 0 spiro atoms. The van der Waals surface area contributed by atoms with Gasteiger partial charge in [-0.15, -0.1) is 0 Å². The fourth-order valence-corrected chi connectivity index (χ4v) is 3.76. The van der Waals surface area contributed by atoms with Crippen molar-refractivity contribution in [3.05, 3.63) is 71.2 Å². The average Bonchev–Trinajstić information content (AvgIpc) is 2.85. The van der Waals surface area contributed by atoms with Gasteiger partial charge in [0.2, 0.25) is 0 Å². The predicted octanol–water partition coefficient (Wildman–Crippen LogP) is 4.00. The Kier molecular flexibility index (Phi) is 6.47. The maximum atomic E-state index is 12.9. The molecule has 1 aliphatic heterocycles. The van der Waals surface area contributed by atoms with Crippen LogP contribution in [0, 0.1) is 18.3 Å². The Morgan fingerprint density at radius 3 is 2.62 bits per heavy atom. The third-order valence-electron chi connectivity index (χ3n) is 5.52. The average molecular weight is 466 g/mol. The van der Waals surface area contributed by atoms with Gasteiger partial charge in [0.25, 0.3) is 5.91 Å². The van der Waals surface area contributed by atoms with Crippen LogP contribution in [0.15, 0.2) is 48.8 Å². The molecule has 10 heteroatoms. The maximum Gasteiger partial charge on any atom is 0.433 e. The zero-order valence-corrected chi connectivity index (χ0v) is 18.3. The third-order valence-corrected chi connectivity index (χ3v) is 5.52. The Hall–Kier alpha value is -3.97. The number of alkyl halides is 3. The van der Waals surface area contributed by atoms with E-state index in [1.54, 1.807) is 30.5 Å². The Morgan fingerprint density at radius 2 is 1.91 bits per heavy atom. The Bertz CT molecular complexity index is 1260. The lowest BCUT2D eigenvalue weighted by Crippen LogP contribution is -2.44. The van der Waals surface area contributed by atoms with Crippen molar-refractivity contribution in [3.63, 3.8) is 0 Å². The summed E-state index contributed by atoms with van der Waals surface area (Å²) in [5.41, 5.74) is 1.90. The van der Waals surface area contributed by atoms with Crippen LogP contribution in [0.1, 0.15) is 27.2 Å². The summed E-state index contributed by atoms with van der Waals surface area (Å²) in [6, 6.07) is 11.1. The van der Waals surface area contributed by atoms with Crippen molar-refractivity contribution in [2.75, 3.05) is 36.4 Å². The number of aromatic nitrogens is 2. The van der Waals surface area contributed by atoms with Gasteiger partial charge in [-0.2, -0.15) is 18.4 Å². The summed E-state index contributed by atoms with van der Waals surface area (Å²) in [5.74, 6) is -0.0550. The number of hydrogen-bond acceptors (Lipinski definition) is 6. The summed E-state index contributed by atoms with van der Waals surface area (Å²) in [5, 5.41) is 15.6. The first kappa shape index (κ1) is 23.2. The highest BCUT2D eigenvalue weighted by atomic mass is 19.4. The van der Waals surface area contributed by atoms with Crippen LogP contribution < -0.4 is 15.5 Å². The smallest absolute Gasteiger partial charge is 0.353 e. The van der Waals surface area contributed by atoms with E-state index in [0.717, 1.165) is 43.5 Å². The Labute approximate surface area is 194 Å². The standard InChI is InChI=1S/C24H21F3N6O/c1-15-2-3-19(32-23(34)16-4-5-30-21(11-16)24(25,26)27)12-20(15)18-10-17(13-28)22(31-14-18)33-8-6-29-7-9-33/h2-5,10-12,14,29H,6-9H2,1H3,(H,32,34). The van der Waals surface area contributed by atoms with E-state index in [1.165, 1.54) is 6.07 Å². The second kappa shape index (κ2) is 9.49. The van der Waals surface area contributed by atoms with Crippen LogP contribution in [-0.2, 0) is 6.18 Å². The van der Waals surface area contributed by atoms with Gasteiger partial charge in [0, 0.05) is 55.4 Å². The number of aryl methyl sites for hydroxylation is 1. The number of halogens is 3. The van der Waals surface area contributed by atoms with Crippen LogP contribution in [-0.4, -0.2) is 42.1 Å². The minimum absolute atomic E-state index is 0.154. The first-order valence-corrected chi connectivity index (χ1v) is 10.6. The first-order valence-electron chi connectivity index (χ1n) is 10.6. The first-order chi connectivity index (χ1) is 16.3. The molecule has 2 N–H and O–H groups in total. The van der Waals surface area contributed by atoms with Crippen LogP contribution in [0.2, 0.25) is 0 Å². The van der Waals surface area contributed by atoms with Crippen molar-refractivity contribution >= 4 is 17.4 Å². The van der Waals surface area contributed by atoms with E-state index < -0.39 is 17.8 Å². The number of rotatable bonds is 4. The van der Waals surface area contributed by atoms with Crippen molar-refractivity contribution in [2.24, 2.45) is 0 Å². The fraction of sp³-hybridized carbons (Fsp3) is 0.250. The molecular formula is C24H21F3N6O. The molecule has 4 rings (SSSR count). The summed E-state index contributed by atoms with van der Waals surface area (Å²) in [7, 11) is 0. The number of nitrogens with one attached hydrogen (secondary N) is 2. The highest BCUT2D eigenvalue weighted by Gasteiger charge is 2.33. The second-order valence-corrected chi connectivity index (χ2v) is 7.86. The highest BCUT2D eigenvalue weighted by molar-refractivity contribution is 6.04. The number of pyridine rings is 2. The number of carbonyl (C=O) groups is 1. The number of nitrogens with zero attached hydrogens (tertiary/aromatic N) is 4. The molecule has 0 radical (unpaired) electrons. The second-order valence-electron chi connectivity index (χ2n) is 7.86. The van der Waals surface area contributed by atoms with E-state index in [9.17, 15) is 23.2 Å². The zero-order valence-electron chi connectivity index (χ0n) is 18.3. The van der Waals surface area contributed by atoms with Gasteiger partial charge >= 0.3 is 6.18 Å². The minimum atomic E-state index is -4.64. The van der Waals surface area contributed by atoms with Gasteiger partial charge in [-0.25, -0.2) is 4.98 Å².